The molecule has 11 heteroatoms. The molecule has 0 bridgehead atoms. The van der Waals surface area contributed by atoms with E-state index in [0.717, 1.165) is 15.0 Å². The number of halogens is 3. The molecule has 0 saturated heterocycles. The zero-order valence-corrected chi connectivity index (χ0v) is 21.0. The lowest BCUT2D eigenvalue weighted by Gasteiger charge is -2.31. The average molecular weight is 551 g/mol. The summed E-state index contributed by atoms with van der Waals surface area (Å²) in [6, 6.07) is 10.5. The van der Waals surface area contributed by atoms with E-state index >= 15 is 0 Å². The van der Waals surface area contributed by atoms with E-state index in [2.05, 4.69) is 21.2 Å². The number of hydrogen-bond donors (Lipinski definition) is 1. The smallest absolute Gasteiger partial charge is 0.244 e. The van der Waals surface area contributed by atoms with Crippen molar-refractivity contribution in [1.82, 2.24) is 10.2 Å². The van der Waals surface area contributed by atoms with E-state index in [9.17, 15) is 18.0 Å². The normalized spacial score (nSPS) is 12.2. The molecule has 2 aromatic rings. The fraction of sp³-hybridized carbons (Fsp3) is 0.300. The Kier molecular flexibility index (Phi) is 8.76. The molecule has 0 spiro atoms. The summed E-state index contributed by atoms with van der Waals surface area (Å²) in [5.41, 5.74) is 0.904. The minimum atomic E-state index is -3.77. The van der Waals surface area contributed by atoms with Crippen LogP contribution in [0.25, 0.3) is 0 Å². The van der Waals surface area contributed by atoms with Gasteiger partial charge in [-0.25, -0.2) is 8.42 Å². The molecule has 0 radical (unpaired) electrons. The Morgan fingerprint density at radius 2 is 1.74 bits per heavy atom. The monoisotopic (exact) mass is 549 g/mol. The summed E-state index contributed by atoms with van der Waals surface area (Å²) in [6.07, 6.45) is 1.02. The van der Waals surface area contributed by atoms with Crippen LogP contribution in [0.1, 0.15) is 12.5 Å². The fourth-order valence-corrected chi connectivity index (χ4v) is 4.43. The highest BCUT2D eigenvalue weighted by atomic mass is 79.9. The Bertz CT molecular complexity index is 1060. The van der Waals surface area contributed by atoms with Crippen LogP contribution >= 0.6 is 39.1 Å². The Hall–Kier alpha value is -1.81. The second-order valence-corrected chi connectivity index (χ2v) is 10.5. The first-order valence-electron chi connectivity index (χ1n) is 9.12. The van der Waals surface area contributed by atoms with Crippen molar-refractivity contribution in [1.29, 1.82) is 0 Å². The lowest BCUT2D eigenvalue weighted by Crippen LogP contribution is -2.50. The first-order valence-corrected chi connectivity index (χ1v) is 12.5. The van der Waals surface area contributed by atoms with E-state index in [0.29, 0.717) is 21.3 Å². The van der Waals surface area contributed by atoms with Gasteiger partial charge in [-0.3, -0.25) is 13.9 Å². The molecule has 2 aromatic carbocycles. The first kappa shape index (κ1) is 25.5. The van der Waals surface area contributed by atoms with Crippen molar-refractivity contribution < 1.29 is 18.0 Å². The van der Waals surface area contributed by atoms with Gasteiger partial charge in [-0.2, -0.15) is 0 Å². The highest BCUT2D eigenvalue weighted by Gasteiger charge is 2.30. The molecule has 1 atom stereocenters. The van der Waals surface area contributed by atoms with E-state index in [1.807, 2.05) is 0 Å². The maximum atomic E-state index is 13.2. The van der Waals surface area contributed by atoms with Gasteiger partial charge < -0.3 is 10.2 Å². The molecule has 2 rings (SSSR count). The van der Waals surface area contributed by atoms with Crippen molar-refractivity contribution in [3.63, 3.8) is 0 Å². The van der Waals surface area contributed by atoms with Crippen molar-refractivity contribution in [2.75, 3.05) is 24.2 Å². The summed E-state index contributed by atoms with van der Waals surface area (Å²) in [5.74, 6) is -0.955. The zero-order valence-electron chi connectivity index (χ0n) is 17.1. The van der Waals surface area contributed by atoms with Crippen molar-refractivity contribution in [2.24, 2.45) is 0 Å². The number of carbonyl (C=O) groups excluding carboxylic acids is 2. The van der Waals surface area contributed by atoms with Crippen LogP contribution in [0.5, 0.6) is 0 Å². The van der Waals surface area contributed by atoms with Crippen LogP contribution in [0, 0.1) is 0 Å². The SMILES string of the molecule is CNC(=O)[C@@H](C)N(Cc1ccc(Cl)cc1Cl)C(=O)CN(c1ccc(Br)cc1)S(C)(=O)=O. The third-order valence-electron chi connectivity index (χ3n) is 4.56. The van der Waals surface area contributed by atoms with Gasteiger partial charge >= 0.3 is 0 Å². The van der Waals surface area contributed by atoms with Gasteiger partial charge in [0.05, 0.1) is 11.9 Å². The number of carbonyl (C=O) groups is 2. The van der Waals surface area contributed by atoms with Crippen molar-refractivity contribution in [2.45, 2.75) is 19.5 Å². The third-order valence-corrected chi connectivity index (χ3v) is 6.82. The van der Waals surface area contributed by atoms with Crippen LogP contribution in [0.2, 0.25) is 10.0 Å². The van der Waals surface area contributed by atoms with E-state index < -0.39 is 34.4 Å². The lowest BCUT2D eigenvalue weighted by molar-refractivity contribution is -0.139. The van der Waals surface area contributed by atoms with Gasteiger partial charge in [0.15, 0.2) is 0 Å². The second kappa shape index (κ2) is 10.7. The van der Waals surface area contributed by atoms with Gasteiger partial charge in [-0.05, 0) is 48.9 Å². The van der Waals surface area contributed by atoms with Crippen LogP contribution < -0.4 is 9.62 Å². The number of likely N-dealkylation sites (N-methyl/N-ethyl adjacent to an activating group) is 1. The Morgan fingerprint density at radius 1 is 1.13 bits per heavy atom. The largest absolute Gasteiger partial charge is 0.357 e. The van der Waals surface area contributed by atoms with Crippen molar-refractivity contribution >= 4 is 66.7 Å². The molecule has 0 unspecified atom stereocenters. The molecular formula is C20H22BrCl2N3O4S. The van der Waals surface area contributed by atoms with Crippen LogP contribution in [-0.4, -0.2) is 51.0 Å². The molecular weight excluding hydrogens is 529 g/mol. The number of nitrogens with zero attached hydrogens (tertiary/aromatic N) is 2. The van der Waals surface area contributed by atoms with E-state index in [1.165, 1.54) is 18.0 Å². The molecule has 0 heterocycles. The van der Waals surface area contributed by atoms with Crippen LogP contribution in [0.4, 0.5) is 5.69 Å². The van der Waals surface area contributed by atoms with E-state index in [4.69, 9.17) is 23.2 Å². The average Bonchev–Trinajstić information content (AvgIpc) is 2.70. The highest BCUT2D eigenvalue weighted by molar-refractivity contribution is 9.10. The van der Waals surface area contributed by atoms with E-state index in [-0.39, 0.29) is 6.54 Å². The summed E-state index contributed by atoms with van der Waals surface area (Å²) >= 11 is 15.5. The Morgan fingerprint density at radius 3 is 2.26 bits per heavy atom. The standard InChI is InChI=1S/C20H22BrCl2N3O4S/c1-13(20(28)24-2)25(11-14-4-7-16(22)10-18(14)23)19(27)12-26(31(3,29)30)17-8-5-15(21)6-9-17/h4-10,13H,11-12H2,1-3H3,(H,24,28)/t13-/m1/s1. The number of hydrogen-bond acceptors (Lipinski definition) is 4. The second-order valence-electron chi connectivity index (χ2n) is 6.79. The summed E-state index contributed by atoms with van der Waals surface area (Å²) < 4.78 is 26.6. The molecule has 1 N–H and O–H groups in total. The van der Waals surface area contributed by atoms with Gasteiger partial charge in [-0.1, -0.05) is 45.2 Å². The molecule has 0 aliphatic heterocycles. The number of sulfonamides is 1. The maximum Gasteiger partial charge on any atom is 0.244 e. The molecule has 7 nitrogen and oxygen atoms in total. The van der Waals surface area contributed by atoms with Gasteiger partial charge in [0.1, 0.15) is 12.6 Å². The predicted molar refractivity (Wildman–Crippen MR) is 127 cm³/mol. The lowest BCUT2D eigenvalue weighted by atomic mass is 10.1. The summed E-state index contributed by atoms with van der Waals surface area (Å²) in [4.78, 5) is 26.8. The number of nitrogens with one attached hydrogen (secondary N) is 1. The van der Waals surface area contributed by atoms with E-state index in [1.54, 1.807) is 43.3 Å². The summed E-state index contributed by atoms with van der Waals surface area (Å²) in [5, 5.41) is 3.28. The summed E-state index contributed by atoms with van der Waals surface area (Å²) in [6.45, 7) is 1.08. The number of anilines is 1. The highest BCUT2D eigenvalue weighted by Crippen LogP contribution is 2.25. The molecule has 31 heavy (non-hydrogen) atoms. The minimum Gasteiger partial charge on any atom is -0.357 e. The predicted octanol–water partition coefficient (Wildman–Crippen LogP) is 3.69. The van der Waals surface area contributed by atoms with Gasteiger partial charge in [0.2, 0.25) is 21.8 Å². The Balaban J connectivity index is 2.40. The maximum absolute atomic E-state index is 13.2. The summed E-state index contributed by atoms with van der Waals surface area (Å²) in [7, 11) is -2.31. The fourth-order valence-electron chi connectivity index (χ4n) is 2.85. The van der Waals surface area contributed by atoms with Crippen LogP contribution in [-0.2, 0) is 26.2 Å². The topological polar surface area (TPSA) is 86.8 Å². The molecule has 0 aromatic heterocycles. The molecule has 2 amide bonds. The quantitative estimate of drug-likeness (QED) is 0.543. The van der Waals surface area contributed by atoms with Gasteiger partial charge in [0, 0.05) is 28.1 Å². The number of benzene rings is 2. The number of amides is 2. The molecule has 0 saturated carbocycles. The van der Waals surface area contributed by atoms with Gasteiger partial charge in [-0.15, -0.1) is 0 Å². The van der Waals surface area contributed by atoms with Crippen molar-refractivity contribution in [3.8, 4) is 0 Å². The molecule has 0 aliphatic rings. The molecule has 168 valence electrons. The van der Waals surface area contributed by atoms with Crippen LogP contribution in [0.3, 0.4) is 0 Å². The zero-order chi connectivity index (χ0) is 23.3. The first-order chi connectivity index (χ1) is 14.4. The number of rotatable bonds is 8. The van der Waals surface area contributed by atoms with Gasteiger partial charge in [0.25, 0.3) is 0 Å². The Labute approximate surface area is 200 Å². The van der Waals surface area contributed by atoms with Crippen LogP contribution in [0.15, 0.2) is 46.9 Å². The van der Waals surface area contributed by atoms with Crippen molar-refractivity contribution in [3.05, 3.63) is 62.5 Å². The molecule has 0 aliphatic carbocycles. The third kappa shape index (κ3) is 6.83. The minimum absolute atomic E-state index is 0.00135. The molecule has 0 fully saturated rings.